The van der Waals surface area contributed by atoms with Crippen LogP contribution >= 0.6 is 0 Å². The zero-order chi connectivity index (χ0) is 24.7. The van der Waals surface area contributed by atoms with Crippen LogP contribution in [0, 0.1) is 12.7 Å². The molecule has 1 unspecified atom stereocenters. The number of carbonyl (C=O) groups excluding carboxylic acids is 1. The Kier molecular flexibility index (Phi) is 5.79. The quantitative estimate of drug-likeness (QED) is 0.480. The van der Waals surface area contributed by atoms with Crippen LogP contribution in [0.4, 0.5) is 30.8 Å². The van der Waals surface area contributed by atoms with Crippen LogP contribution < -0.4 is 21.1 Å². The smallest absolute Gasteiger partial charge is 0.412 e. The summed E-state index contributed by atoms with van der Waals surface area (Å²) in [7, 11) is 1.81. The fourth-order valence-electron chi connectivity index (χ4n) is 4.54. The Morgan fingerprint density at radius 3 is 2.94 bits per heavy atom. The Balaban J connectivity index is 1.41. The molecule has 0 radical (unpaired) electrons. The molecule has 2 aromatic heterocycles. The van der Waals surface area contributed by atoms with E-state index >= 15 is 4.39 Å². The summed E-state index contributed by atoms with van der Waals surface area (Å²) in [6.07, 6.45) is 2.41. The van der Waals surface area contributed by atoms with Gasteiger partial charge in [-0.15, -0.1) is 0 Å². The third-order valence-electron chi connectivity index (χ3n) is 6.42. The summed E-state index contributed by atoms with van der Waals surface area (Å²) in [6, 6.07) is 3.19. The average Bonchev–Trinajstić information content (AvgIpc) is 3.19. The molecule has 0 saturated carbocycles. The highest BCUT2D eigenvalue weighted by Gasteiger charge is 2.38. The molecule has 1 saturated heterocycles. The minimum absolute atomic E-state index is 0.0646. The molecule has 9 nitrogen and oxygen atoms in total. The Hall–Kier alpha value is -3.73. The number of hydrogen-bond donors (Lipinski definition) is 3. The van der Waals surface area contributed by atoms with Crippen molar-refractivity contribution in [2.45, 2.75) is 19.0 Å². The summed E-state index contributed by atoms with van der Waals surface area (Å²) < 4.78 is 40.6. The van der Waals surface area contributed by atoms with Gasteiger partial charge >= 0.3 is 6.09 Å². The molecule has 35 heavy (non-hydrogen) atoms. The molecule has 2 aliphatic rings. The number of amides is 1. The van der Waals surface area contributed by atoms with Crippen molar-refractivity contribution in [1.29, 1.82) is 0 Å². The van der Waals surface area contributed by atoms with Crippen molar-refractivity contribution in [3.63, 3.8) is 0 Å². The van der Waals surface area contributed by atoms with E-state index in [0.29, 0.717) is 54.0 Å². The van der Waals surface area contributed by atoms with Crippen LogP contribution in [0.5, 0.6) is 5.88 Å². The highest BCUT2D eigenvalue weighted by atomic mass is 19.1. The molecule has 0 bridgehead atoms. The monoisotopic (exact) mass is 484 g/mol. The number of ether oxygens (including phenoxy) is 2. The van der Waals surface area contributed by atoms with Crippen molar-refractivity contribution in [2.24, 2.45) is 0 Å². The van der Waals surface area contributed by atoms with E-state index in [-0.39, 0.29) is 30.2 Å². The SMILES string of the molecule is Cc1c(-c2cc3cc(NC(=O)OCC4(F)CCN(C)C4)ncc3c(N)c2F)cnc2c1NCCO2. The van der Waals surface area contributed by atoms with Gasteiger partial charge < -0.3 is 25.4 Å². The molecule has 184 valence electrons. The Labute approximate surface area is 200 Å². The van der Waals surface area contributed by atoms with Crippen LogP contribution in [-0.4, -0.2) is 66.5 Å². The molecule has 0 aliphatic carbocycles. The van der Waals surface area contributed by atoms with Crippen LogP contribution in [0.3, 0.4) is 0 Å². The molecule has 1 amide bonds. The van der Waals surface area contributed by atoms with E-state index in [9.17, 15) is 9.18 Å². The molecular formula is C24H26F2N6O3. The Morgan fingerprint density at radius 1 is 1.34 bits per heavy atom. The second-order valence-corrected chi connectivity index (χ2v) is 9.03. The number of hydrogen-bond acceptors (Lipinski definition) is 8. The molecule has 1 fully saturated rings. The maximum absolute atomic E-state index is 15.3. The van der Waals surface area contributed by atoms with Gasteiger partial charge in [0.1, 0.15) is 24.7 Å². The number of carbonyl (C=O) groups is 1. The Bertz CT molecular complexity index is 1320. The molecule has 11 heteroatoms. The zero-order valence-corrected chi connectivity index (χ0v) is 19.5. The number of pyridine rings is 2. The van der Waals surface area contributed by atoms with Gasteiger partial charge in [0.05, 0.1) is 5.69 Å². The van der Waals surface area contributed by atoms with E-state index in [1.165, 1.54) is 6.20 Å². The van der Waals surface area contributed by atoms with E-state index in [0.717, 1.165) is 5.56 Å². The van der Waals surface area contributed by atoms with Crippen LogP contribution in [0.1, 0.15) is 12.0 Å². The first-order chi connectivity index (χ1) is 16.7. The van der Waals surface area contributed by atoms with E-state index < -0.39 is 17.6 Å². The maximum Gasteiger partial charge on any atom is 0.412 e. The molecule has 5 rings (SSSR count). The predicted octanol–water partition coefficient (Wildman–Crippen LogP) is 3.72. The first kappa shape index (κ1) is 23.0. The van der Waals surface area contributed by atoms with E-state index in [2.05, 4.69) is 20.6 Å². The lowest BCUT2D eigenvalue weighted by Crippen LogP contribution is -2.34. The molecular weight excluding hydrogens is 458 g/mol. The molecule has 1 atom stereocenters. The van der Waals surface area contributed by atoms with Gasteiger partial charge in [0.25, 0.3) is 0 Å². The van der Waals surface area contributed by atoms with Crippen molar-refractivity contribution in [2.75, 3.05) is 56.3 Å². The van der Waals surface area contributed by atoms with Crippen LogP contribution in [0.25, 0.3) is 21.9 Å². The molecule has 3 aromatic rings. The summed E-state index contributed by atoms with van der Waals surface area (Å²) in [4.78, 5) is 22.5. The molecule has 4 N–H and O–H groups in total. The number of benzene rings is 1. The number of aromatic nitrogens is 2. The minimum Gasteiger partial charge on any atom is -0.474 e. The van der Waals surface area contributed by atoms with Crippen molar-refractivity contribution in [3.05, 3.63) is 35.9 Å². The van der Waals surface area contributed by atoms with E-state index in [1.54, 1.807) is 18.3 Å². The first-order valence-corrected chi connectivity index (χ1v) is 11.3. The van der Waals surface area contributed by atoms with Gasteiger partial charge in [0.15, 0.2) is 11.5 Å². The van der Waals surface area contributed by atoms with Crippen LogP contribution in [0.15, 0.2) is 24.5 Å². The zero-order valence-electron chi connectivity index (χ0n) is 19.5. The Morgan fingerprint density at radius 2 is 2.17 bits per heavy atom. The maximum atomic E-state index is 15.3. The number of rotatable bonds is 4. The normalized spacial score (nSPS) is 19.7. The lowest BCUT2D eigenvalue weighted by molar-refractivity contribution is 0.0620. The van der Waals surface area contributed by atoms with Crippen LogP contribution in [0.2, 0.25) is 0 Å². The number of anilines is 3. The first-order valence-electron chi connectivity index (χ1n) is 11.3. The van der Waals surface area contributed by atoms with E-state index in [1.807, 2.05) is 18.9 Å². The lowest BCUT2D eigenvalue weighted by atomic mass is 9.97. The number of nitrogen functional groups attached to an aromatic ring is 1. The molecule has 1 aromatic carbocycles. The summed E-state index contributed by atoms with van der Waals surface area (Å²) in [5.41, 5.74) is 6.80. The van der Waals surface area contributed by atoms with Gasteiger partial charge in [-0.2, -0.15) is 0 Å². The van der Waals surface area contributed by atoms with Crippen molar-refractivity contribution in [1.82, 2.24) is 14.9 Å². The number of nitrogens with one attached hydrogen (secondary N) is 2. The fraction of sp³-hybridized carbons (Fsp3) is 0.375. The third-order valence-corrected chi connectivity index (χ3v) is 6.42. The fourth-order valence-corrected chi connectivity index (χ4v) is 4.54. The summed E-state index contributed by atoms with van der Waals surface area (Å²) in [5.74, 6) is 0.0576. The highest BCUT2D eigenvalue weighted by Crippen LogP contribution is 2.39. The predicted molar refractivity (Wildman–Crippen MR) is 129 cm³/mol. The number of alkyl halides is 1. The van der Waals surface area contributed by atoms with Crippen molar-refractivity contribution >= 4 is 34.1 Å². The minimum atomic E-state index is -1.57. The van der Waals surface area contributed by atoms with Gasteiger partial charge in [0.2, 0.25) is 5.88 Å². The number of halogens is 2. The molecule has 0 spiro atoms. The van der Waals surface area contributed by atoms with Gasteiger partial charge in [-0.3, -0.25) is 5.32 Å². The third kappa shape index (κ3) is 4.39. The van der Waals surface area contributed by atoms with Gasteiger partial charge in [-0.25, -0.2) is 23.5 Å². The van der Waals surface area contributed by atoms with Gasteiger partial charge in [-0.05, 0) is 43.5 Å². The average molecular weight is 485 g/mol. The topological polar surface area (TPSA) is 115 Å². The number of nitrogens with two attached hydrogens (primary N) is 1. The summed E-state index contributed by atoms with van der Waals surface area (Å²) in [5, 5.41) is 6.70. The van der Waals surface area contributed by atoms with Crippen LogP contribution in [-0.2, 0) is 4.74 Å². The van der Waals surface area contributed by atoms with Gasteiger partial charge in [-0.1, -0.05) is 0 Å². The number of nitrogens with zero attached hydrogens (tertiary/aromatic N) is 3. The second-order valence-electron chi connectivity index (χ2n) is 9.03. The number of fused-ring (bicyclic) bond motifs is 2. The lowest BCUT2D eigenvalue weighted by Gasteiger charge is -2.22. The number of likely N-dealkylation sites (tertiary alicyclic amines) is 1. The van der Waals surface area contributed by atoms with E-state index in [4.69, 9.17) is 15.2 Å². The highest BCUT2D eigenvalue weighted by molar-refractivity contribution is 5.99. The molecule has 4 heterocycles. The van der Waals surface area contributed by atoms with Crippen molar-refractivity contribution < 1.29 is 23.0 Å². The summed E-state index contributed by atoms with van der Waals surface area (Å²) in [6.45, 7) is 3.45. The summed E-state index contributed by atoms with van der Waals surface area (Å²) >= 11 is 0. The standard InChI is InChI=1S/C24H26F2N6O3/c1-13-16(9-30-22-21(13)28-4-6-34-22)15-7-14-8-18(29-10-17(14)20(27)19(15)25)31-23(33)35-12-24(26)3-5-32(2)11-24/h7-10,28H,3-6,11-12,27H2,1-2H3,(H,29,31,33). The molecule has 2 aliphatic heterocycles. The second kappa shape index (κ2) is 8.81. The largest absolute Gasteiger partial charge is 0.474 e. The van der Waals surface area contributed by atoms with Crippen molar-refractivity contribution in [3.8, 4) is 17.0 Å². The van der Waals surface area contributed by atoms with Gasteiger partial charge in [0, 0.05) is 48.5 Å².